The number of carbonyl (C=O) groups is 2. The van der Waals surface area contributed by atoms with Crippen LogP contribution >= 0.6 is 0 Å². The average molecular weight is 280 g/mol. The molecule has 5 nitrogen and oxygen atoms in total. The molecule has 2 N–H and O–H groups in total. The van der Waals surface area contributed by atoms with Gasteiger partial charge < -0.3 is 10.4 Å². The van der Waals surface area contributed by atoms with Crippen LogP contribution in [0.4, 0.5) is 17.6 Å². The van der Waals surface area contributed by atoms with Crippen LogP contribution in [-0.2, 0) is 4.79 Å². The zero-order valence-electron chi connectivity index (χ0n) is 9.45. The second-order valence-corrected chi connectivity index (χ2v) is 3.75. The number of hydrogen-bond acceptors (Lipinski definition) is 3. The molecular weight excluding hydrogens is 272 g/mol. The first kappa shape index (κ1) is 14.9. The summed E-state index contributed by atoms with van der Waals surface area (Å²) in [6, 6.07) is 1.65. The van der Waals surface area contributed by atoms with Gasteiger partial charge in [0.15, 0.2) is 0 Å². The van der Waals surface area contributed by atoms with Gasteiger partial charge in [0, 0.05) is 6.20 Å². The Morgan fingerprint density at radius 3 is 2.26 bits per heavy atom. The maximum absolute atomic E-state index is 12.6. The lowest BCUT2D eigenvalue weighted by atomic mass is 10.0. The lowest BCUT2D eigenvalue weighted by Crippen LogP contribution is -2.61. The van der Waals surface area contributed by atoms with Gasteiger partial charge in [0.25, 0.3) is 5.91 Å². The first-order chi connectivity index (χ1) is 8.58. The van der Waals surface area contributed by atoms with Gasteiger partial charge in [-0.2, -0.15) is 17.6 Å². The highest BCUT2D eigenvalue weighted by molar-refractivity contribution is 5.97. The molecule has 1 aromatic rings. The normalized spacial score (nSPS) is 14.6. The maximum Gasteiger partial charge on any atom is 0.422 e. The molecule has 1 aromatic heterocycles. The van der Waals surface area contributed by atoms with Crippen molar-refractivity contribution in [2.75, 3.05) is 0 Å². The van der Waals surface area contributed by atoms with Crippen LogP contribution < -0.4 is 5.32 Å². The van der Waals surface area contributed by atoms with Crippen molar-refractivity contribution in [3.05, 3.63) is 29.8 Å². The Labute approximate surface area is 104 Å². The van der Waals surface area contributed by atoms with Gasteiger partial charge in [-0.1, -0.05) is 0 Å². The monoisotopic (exact) mass is 280 g/mol. The Morgan fingerprint density at radius 1 is 1.32 bits per heavy atom. The van der Waals surface area contributed by atoms with Gasteiger partial charge in [-0.25, -0.2) is 9.78 Å². The van der Waals surface area contributed by atoms with E-state index >= 15 is 0 Å². The number of nitrogens with one attached hydrogen (secondary N) is 1. The van der Waals surface area contributed by atoms with Crippen molar-refractivity contribution < 1.29 is 32.3 Å². The molecule has 0 aliphatic rings. The summed E-state index contributed by atoms with van der Waals surface area (Å²) in [5.74, 6) is -4.51. The maximum atomic E-state index is 12.6. The number of amides is 1. The number of carboxylic acid groups (broad SMARTS) is 1. The molecule has 1 atom stereocenters. The first-order valence-corrected chi connectivity index (χ1v) is 4.82. The molecule has 104 valence electrons. The highest BCUT2D eigenvalue weighted by atomic mass is 19.4. The van der Waals surface area contributed by atoms with Crippen LogP contribution in [-0.4, -0.2) is 33.7 Å². The van der Waals surface area contributed by atoms with Gasteiger partial charge in [-0.05, 0) is 19.1 Å². The zero-order valence-corrected chi connectivity index (χ0v) is 9.45. The fraction of sp³-hybridized carbons (Fsp3) is 0.300. The third kappa shape index (κ3) is 2.98. The topological polar surface area (TPSA) is 79.3 Å². The molecule has 0 aliphatic carbocycles. The number of carbonyl (C=O) groups excluding carboxylic acids is 1. The minimum Gasteiger partial charge on any atom is -0.479 e. The van der Waals surface area contributed by atoms with Crippen molar-refractivity contribution in [2.24, 2.45) is 0 Å². The summed E-state index contributed by atoms with van der Waals surface area (Å²) in [6.07, 6.45) is -4.49. The van der Waals surface area contributed by atoms with Gasteiger partial charge in [0.2, 0.25) is 11.5 Å². The summed E-state index contributed by atoms with van der Waals surface area (Å²) < 4.78 is 50.4. The summed E-state index contributed by atoms with van der Waals surface area (Å²) in [4.78, 5) is 25.2. The van der Waals surface area contributed by atoms with Gasteiger partial charge in [0.05, 0.1) is 5.56 Å². The Morgan fingerprint density at radius 2 is 1.89 bits per heavy atom. The van der Waals surface area contributed by atoms with Gasteiger partial charge >= 0.3 is 12.1 Å². The number of carboxylic acids is 1. The van der Waals surface area contributed by atoms with E-state index in [2.05, 4.69) is 4.98 Å². The quantitative estimate of drug-likeness (QED) is 0.647. The smallest absolute Gasteiger partial charge is 0.422 e. The number of alkyl halides is 3. The first-order valence-electron chi connectivity index (χ1n) is 4.82. The molecule has 0 saturated heterocycles. The predicted molar refractivity (Wildman–Crippen MR) is 53.8 cm³/mol. The lowest BCUT2D eigenvalue weighted by molar-refractivity contribution is -0.203. The molecule has 0 spiro atoms. The molecule has 0 radical (unpaired) electrons. The second-order valence-electron chi connectivity index (χ2n) is 3.75. The standard InChI is InChI=1S/C10H8F4N2O3/c1-9(8(18)19,10(12,13)14)16-7(17)5-2-3-6(11)15-4-5/h2-4H,1H3,(H,16,17)(H,18,19). The molecule has 1 unspecified atom stereocenters. The van der Waals surface area contributed by atoms with E-state index in [9.17, 15) is 27.2 Å². The van der Waals surface area contributed by atoms with E-state index < -0.39 is 35.1 Å². The van der Waals surface area contributed by atoms with Crippen LogP contribution in [0.3, 0.4) is 0 Å². The fourth-order valence-electron chi connectivity index (χ4n) is 1.05. The summed E-state index contributed by atoms with van der Waals surface area (Å²) in [5, 5.41) is 9.94. The number of halogens is 4. The van der Waals surface area contributed by atoms with Crippen molar-refractivity contribution in [2.45, 2.75) is 18.6 Å². The number of aliphatic carboxylic acids is 1. The van der Waals surface area contributed by atoms with Gasteiger partial charge in [0.1, 0.15) is 0 Å². The van der Waals surface area contributed by atoms with Gasteiger partial charge in [-0.15, -0.1) is 0 Å². The summed E-state index contributed by atoms with van der Waals surface area (Å²) >= 11 is 0. The lowest BCUT2D eigenvalue weighted by Gasteiger charge is -2.28. The van der Waals surface area contributed by atoms with E-state index in [0.717, 1.165) is 12.1 Å². The van der Waals surface area contributed by atoms with E-state index in [1.54, 1.807) is 0 Å². The van der Waals surface area contributed by atoms with Crippen molar-refractivity contribution in [3.63, 3.8) is 0 Å². The highest BCUT2D eigenvalue weighted by Crippen LogP contribution is 2.30. The Balaban J connectivity index is 3.02. The Kier molecular flexibility index (Phi) is 3.78. The molecule has 0 bridgehead atoms. The zero-order chi connectivity index (χ0) is 14.8. The van der Waals surface area contributed by atoms with E-state index in [0.29, 0.717) is 13.1 Å². The predicted octanol–water partition coefficient (Wildman–Crippen LogP) is 1.36. The molecular formula is C10H8F4N2O3. The van der Waals surface area contributed by atoms with Crippen molar-refractivity contribution in [3.8, 4) is 0 Å². The molecule has 0 fully saturated rings. The third-order valence-corrected chi connectivity index (χ3v) is 2.35. The molecule has 9 heteroatoms. The van der Waals surface area contributed by atoms with E-state index in [4.69, 9.17) is 5.11 Å². The number of pyridine rings is 1. The minimum absolute atomic E-state index is 0.310. The van der Waals surface area contributed by atoms with Crippen molar-refractivity contribution in [1.29, 1.82) is 0 Å². The highest BCUT2D eigenvalue weighted by Gasteiger charge is 2.58. The molecule has 1 rings (SSSR count). The van der Waals surface area contributed by atoms with E-state index in [1.807, 2.05) is 0 Å². The van der Waals surface area contributed by atoms with Crippen LogP contribution in [0.2, 0.25) is 0 Å². The molecule has 1 amide bonds. The summed E-state index contributed by atoms with van der Waals surface area (Å²) in [6.45, 7) is 0.310. The van der Waals surface area contributed by atoms with Crippen LogP contribution in [0, 0.1) is 5.95 Å². The van der Waals surface area contributed by atoms with Crippen LogP contribution in [0.25, 0.3) is 0 Å². The van der Waals surface area contributed by atoms with Gasteiger partial charge in [-0.3, -0.25) is 4.79 Å². The van der Waals surface area contributed by atoms with Crippen LogP contribution in [0.1, 0.15) is 17.3 Å². The molecule has 19 heavy (non-hydrogen) atoms. The Bertz CT molecular complexity index is 500. The molecule has 1 heterocycles. The molecule has 0 saturated carbocycles. The van der Waals surface area contributed by atoms with Crippen molar-refractivity contribution in [1.82, 2.24) is 10.3 Å². The molecule has 0 aliphatic heterocycles. The fourth-order valence-corrected chi connectivity index (χ4v) is 1.05. The largest absolute Gasteiger partial charge is 0.479 e. The van der Waals surface area contributed by atoms with E-state index in [-0.39, 0.29) is 0 Å². The van der Waals surface area contributed by atoms with E-state index in [1.165, 1.54) is 5.32 Å². The number of aromatic nitrogens is 1. The minimum atomic E-state index is -5.19. The Hall–Kier alpha value is -2.19. The average Bonchev–Trinajstić information content (AvgIpc) is 2.27. The van der Waals surface area contributed by atoms with Crippen LogP contribution in [0.15, 0.2) is 18.3 Å². The summed E-state index contributed by atoms with van der Waals surface area (Å²) in [5.41, 5.74) is -3.84. The summed E-state index contributed by atoms with van der Waals surface area (Å²) in [7, 11) is 0. The number of nitrogens with zero attached hydrogens (tertiary/aromatic N) is 1. The molecule has 0 aromatic carbocycles. The second kappa shape index (κ2) is 4.82. The number of rotatable bonds is 3. The SMILES string of the molecule is CC(NC(=O)c1ccc(F)nc1)(C(=O)O)C(F)(F)F. The third-order valence-electron chi connectivity index (χ3n) is 2.35. The van der Waals surface area contributed by atoms with Crippen LogP contribution in [0.5, 0.6) is 0 Å². The van der Waals surface area contributed by atoms with Crippen molar-refractivity contribution >= 4 is 11.9 Å². The number of hydrogen-bond donors (Lipinski definition) is 2.